The highest BCUT2D eigenvalue weighted by Gasteiger charge is 2.29. The number of amides is 1. The second-order valence-electron chi connectivity index (χ2n) is 7.23. The summed E-state index contributed by atoms with van der Waals surface area (Å²) in [6.45, 7) is 7.88. The van der Waals surface area contributed by atoms with Gasteiger partial charge in [-0.3, -0.25) is 9.69 Å². The van der Waals surface area contributed by atoms with Crippen LogP contribution < -0.4 is 0 Å². The molecule has 4 rings (SSSR count). The lowest BCUT2D eigenvalue weighted by atomic mass is 10.0. The second-order valence-corrected chi connectivity index (χ2v) is 7.98. The van der Waals surface area contributed by atoms with Crippen molar-refractivity contribution in [3.63, 3.8) is 0 Å². The van der Waals surface area contributed by atoms with Crippen LogP contribution in [-0.2, 0) is 0 Å². The molecule has 2 fully saturated rings. The van der Waals surface area contributed by atoms with Crippen molar-refractivity contribution in [2.75, 3.05) is 46.3 Å². The van der Waals surface area contributed by atoms with Gasteiger partial charge in [-0.15, -0.1) is 0 Å². The quantitative estimate of drug-likeness (QED) is 0.819. The van der Waals surface area contributed by atoms with Crippen LogP contribution in [0.1, 0.15) is 28.9 Å². The molecule has 2 aliphatic heterocycles. The summed E-state index contributed by atoms with van der Waals surface area (Å²) in [6.07, 6.45) is 4.26. The van der Waals surface area contributed by atoms with E-state index in [1.165, 1.54) is 30.9 Å². The number of nitrogens with zero attached hydrogens (tertiary/aromatic N) is 5. The number of piperidine rings is 1. The standard InChI is InChI=1S/C18H25N5OS/c1-13-16-10-14(11-19-17(16)25-20-13)18(24)23-8-6-22(7-9-23)15-4-3-5-21(2)12-15/h10-11,15H,3-9,12H2,1-2H3. The smallest absolute Gasteiger partial charge is 0.255 e. The number of piperazine rings is 1. The first-order chi connectivity index (χ1) is 12.1. The summed E-state index contributed by atoms with van der Waals surface area (Å²) in [5, 5.41) is 1.000. The van der Waals surface area contributed by atoms with Crippen molar-refractivity contribution in [1.29, 1.82) is 0 Å². The molecule has 4 heterocycles. The van der Waals surface area contributed by atoms with Crippen molar-refractivity contribution in [2.45, 2.75) is 25.8 Å². The Kier molecular flexibility index (Phi) is 4.71. The fraction of sp³-hybridized carbons (Fsp3) is 0.611. The molecule has 2 aromatic heterocycles. The van der Waals surface area contributed by atoms with E-state index in [0.29, 0.717) is 11.6 Å². The monoisotopic (exact) mass is 359 g/mol. The molecule has 134 valence electrons. The maximum absolute atomic E-state index is 12.9. The van der Waals surface area contributed by atoms with Gasteiger partial charge >= 0.3 is 0 Å². The van der Waals surface area contributed by atoms with Crippen molar-refractivity contribution >= 4 is 27.7 Å². The van der Waals surface area contributed by atoms with Crippen LogP contribution in [0.4, 0.5) is 0 Å². The molecule has 2 saturated heterocycles. The Morgan fingerprint density at radius 2 is 2.04 bits per heavy atom. The molecule has 2 aromatic rings. The maximum atomic E-state index is 12.9. The number of hydrogen-bond donors (Lipinski definition) is 0. The molecule has 0 aromatic carbocycles. The van der Waals surface area contributed by atoms with Gasteiger partial charge in [0.05, 0.1) is 11.3 Å². The molecule has 0 aliphatic carbocycles. The van der Waals surface area contributed by atoms with Gasteiger partial charge in [0.1, 0.15) is 4.83 Å². The van der Waals surface area contributed by atoms with Crippen molar-refractivity contribution in [1.82, 2.24) is 24.1 Å². The van der Waals surface area contributed by atoms with E-state index in [1.54, 1.807) is 6.20 Å². The van der Waals surface area contributed by atoms with Crippen molar-refractivity contribution in [3.8, 4) is 0 Å². The summed E-state index contributed by atoms with van der Waals surface area (Å²) >= 11 is 1.39. The molecule has 6 nitrogen and oxygen atoms in total. The lowest BCUT2D eigenvalue weighted by Gasteiger charge is -2.42. The number of carbonyl (C=O) groups is 1. The molecule has 0 saturated carbocycles. The average molecular weight is 359 g/mol. The first kappa shape index (κ1) is 16.9. The van der Waals surface area contributed by atoms with Crippen LogP contribution >= 0.6 is 11.5 Å². The molecule has 0 N–H and O–H groups in total. The van der Waals surface area contributed by atoms with Gasteiger partial charge in [0.15, 0.2) is 0 Å². The number of fused-ring (bicyclic) bond motifs is 1. The summed E-state index contributed by atoms with van der Waals surface area (Å²) in [5.41, 5.74) is 1.63. The molecule has 1 unspecified atom stereocenters. The third kappa shape index (κ3) is 3.41. The summed E-state index contributed by atoms with van der Waals surface area (Å²) in [6, 6.07) is 2.60. The topological polar surface area (TPSA) is 52.6 Å². The number of likely N-dealkylation sites (N-methyl/N-ethyl adjacent to an activating group) is 1. The molecular formula is C18H25N5OS. The summed E-state index contributed by atoms with van der Waals surface area (Å²) in [5.74, 6) is 0.0976. The van der Waals surface area contributed by atoms with Crippen LogP contribution in [0.2, 0.25) is 0 Å². The maximum Gasteiger partial charge on any atom is 0.255 e. The SMILES string of the molecule is Cc1nsc2ncc(C(=O)N3CCN(C4CCCN(C)C4)CC3)cc12. The molecule has 0 spiro atoms. The van der Waals surface area contributed by atoms with Crippen LogP contribution in [-0.4, -0.2) is 82.3 Å². The van der Waals surface area contributed by atoms with Gasteiger partial charge < -0.3 is 9.80 Å². The Morgan fingerprint density at radius 1 is 1.24 bits per heavy atom. The van der Waals surface area contributed by atoms with E-state index in [1.807, 2.05) is 17.9 Å². The van der Waals surface area contributed by atoms with Crippen molar-refractivity contribution in [3.05, 3.63) is 23.5 Å². The van der Waals surface area contributed by atoms with Crippen LogP contribution in [0.25, 0.3) is 10.2 Å². The number of carbonyl (C=O) groups excluding carboxylic acids is 1. The average Bonchev–Trinajstić information content (AvgIpc) is 3.02. The highest BCUT2D eigenvalue weighted by atomic mass is 32.1. The molecule has 0 radical (unpaired) electrons. The highest BCUT2D eigenvalue weighted by Crippen LogP contribution is 2.22. The molecule has 25 heavy (non-hydrogen) atoms. The molecule has 1 atom stereocenters. The minimum Gasteiger partial charge on any atom is -0.336 e. The van der Waals surface area contributed by atoms with E-state index in [4.69, 9.17) is 0 Å². The van der Waals surface area contributed by atoms with Crippen molar-refractivity contribution in [2.24, 2.45) is 0 Å². The molecular weight excluding hydrogens is 334 g/mol. The number of likely N-dealkylation sites (tertiary alicyclic amines) is 1. The first-order valence-corrected chi connectivity index (χ1v) is 9.83. The van der Waals surface area contributed by atoms with E-state index in [9.17, 15) is 4.79 Å². The van der Waals surface area contributed by atoms with E-state index in [0.717, 1.165) is 48.6 Å². The predicted octanol–water partition coefficient (Wildman–Crippen LogP) is 1.85. The van der Waals surface area contributed by atoms with Gasteiger partial charge in [0.25, 0.3) is 5.91 Å². The highest BCUT2D eigenvalue weighted by molar-refractivity contribution is 7.12. The van der Waals surface area contributed by atoms with Crippen LogP contribution in [0.5, 0.6) is 0 Å². The third-order valence-electron chi connectivity index (χ3n) is 5.47. The number of aromatic nitrogens is 2. The zero-order valence-electron chi connectivity index (χ0n) is 14.9. The number of hydrogen-bond acceptors (Lipinski definition) is 6. The lowest BCUT2D eigenvalue weighted by molar-refractivity contribution is 0.0452. The van der Waals surface area contributed by atoms with E-state index < -0.39 is 0 Å². The minimum absolute atomic E-state index is 0.0976. The molecule has 1 amide bonds. The Hall–Kier alpha value is -1.57. The van der Waals surface area contributed by atoms with Crippen LogP contribution in [0, 0.1) is 6.92 Å². The van der Waals surface area contributed by atoms with E-state index >= 15 is 0 Å². The molecule has 0 bridgehead atoms. The Bertz CT molecular complexity index is 768. The fourth-order valence-electron chi connectivity index (χ4n) is 3.97. The van der Waals surface area contributed by atoms with Gasteiger partial charge in [-0.2, -0.15) is 4.37 Å². The van der Waals surface area contributed by atoms with Gasteiger partial charge in [-0.25, -0.2) is 4.98 Å². The largest absolute Gasteiger partial charge is 0.336 e. The zero-order chi connectivity index (χ0) is 17.4. The molecule has 7 heteroatoms. The Labute approximate surface area is 152 Å². The second kappa shape index (κ2) is 6.97. The first-order valence-electron chi connectivity index (χ1n) is 9.06. The molecule has 2 aliphatic rings. The van der Waals surface area contributed by atoms with Gasteiger partial charge in [0, 0.05) is 50.3 Å². The van der Waals surface area contributed by atoms with Gasteiger partial charge in [0.2, 0.25) is 0 Å². The Morgan fingerprint density at radius 3 is 2.80 bits per heavy atom. The van der Waals surface area contributed by atoms with Gasteiger partial charge in [-0.1, -0.05) is 0 Å². The summed E-state index contributed by atoms with van der Waals surface area (Å²) < 4.78 is 4.32. The Balaban J connectivity index is 1.41. The normalized spacial score (nSPS) is 23.3. The predicted molar refractivity (Wildman–Crippen MR) is 100 cm³/mol. The number of pyridine rings is 1. The van der Waals surface area contributed by atoms with E-state index in [-0.39, 0.29) is 5.91 Å². The van der Waals surface area contributed by atoms with Crippen molar-refractivity contribution < 1.29 is 4.79 Å². The summed E-state index contributed by atoms with van der Waals surface area (Å²) in [7, 11) is 2.20. The lowest BCUT2D eigenvalue weighted by Crippen LogP contribution is -2.55. The summed E-state index contributed by atoms with van der Waals surface area (Å²) in [4.78, 5) is 25.1. The van der Waals surface area contributed by atoms with Crippen LogP contribution in [0.15, 0.2) is 12.3 Å². The fourth-order valence-corrected chi connectivity index (χ4v) is 4.70. The third-order valence-corrected chi connectivity index (χ3v) is 6.34. The van der Waals surface area contributed by atoms with E-state index in [2.05, 4.69) is 26.2 Å². The zero-order valence-corrected chi connectivity index (χ0v) is 15.8. The van der Waals surface area contributed by atoms with Crippen LogP contribution in [0.3, 0.4) is 0 Å². The van der Waals surface area contributed by atoms with Gasteiger partial charge in [-0.05, 0) is 51.0 Å². The number of rotatable bonds is 2. The minimum atomic E-state index is 0.0976. The number of aryl methyl sites for hydroxylation is 1.